The summed E-state index contributed by atoms with van der Waals surface area (Å²) in [7, 11) is -3.89. The van der Waals surface area contributed by atoms with Crippen LogP contribution in [-0.4, -0.2) is 31.5 Å². The molecule has 1 N–H and O–H groups in total. The van der Waals surface area contributed by atoms with Crippen LogP contribution < -0.4 is 9.62 Å². The fraction of sp³-hybridized carbons (Fsp3) is 0.381. The third-order valence-electron chi connectivity index (χ3n) is 4.77. The molecule has 30 heavy (non-hydrogen) atoms. The number of nitro groups is 1. The average molecular weight is 434 g/mol. The number of unbranched alkanes of at least 4 members (excludes halogenated alkanes) is 1. The number of amides is 1. The molecule has 0 aliphatic rings. The second-order valence-corrected chi connectivity index (χ2v) is 9.11. The molecular weight excluding hydrogens is 406 g/mol. The van der Waals surface area contributed by atoms with Crippen molar-refractivity contribution >= 4 is 33.0 Å². The van der Waals surface area contributed by atoms with Crippen molar-refractivity contribution in [1.82, 2.24) is 0 Å². The van der Waals surface area contributed by atoms with Gasteiger partial charge in [-0.3, -0.25) is 19.2 Å². The Balaban J connectivity index is 2.30. The molecule has 0 saturated heterocycles. The molecule has 0 fully saturated rings. The van der Waals surface area contributed by atoms with Crippen LogP contribution in [0.2, 0.25) is 0 Å². The molecule has 1 amide bonds. The summed E-state index contributed by atoms with van der Waals surface area (Å²) in [6.45, 7) is 5.20. The van der Waals surface area contributed by atoms with Gasteiger partial charge in [0.25, 0.3) is 5.69 Å². The van der Waals surface area contributed by atoms with E-state index in [4.69, 9.17) is 0 Å². The second kappa shape index (κ2) is 9.71. The van der Waals surface area contributed by atoms with Gasteiger partial charge in [-0.05, 0) is 49.9 Å². The second-order valence-electron chi connectivity index (χ2n) is 7.25. The third kappa shape index (κ3) is 5.79. The topological polar surface area (TPSA) is 110 Å². The van der Waals surface area contributed by atoms with Crippen molar-refractivity contribution in [3.8, 4) is 0 Å². The first-order valence-corrected chi connectivity index (χ1v) is 11.5. The monoisotopic (exact) mass is 433 g/mol. The number of anilines is 2. The highest BCUT2D eigenvalue weighted by Gasteiger charge is 2.31. The van der Waals surface area contributed by atoms with Crippen molar-refractivity contribution in [1.29, 1.82) is 0 Å². The van der Waals surface area contributed by atoms with E-state index < -0.39 is 26.9 Å². The number of carbonyl (C=O) groups is 1. The average Bonchev–Trinajstić information content (AvgIpc) is 2.67. The summed E-state index contributed by atoms with van der Waals surface area (Å²) >= 11 is 0. The summed E-state index contributed by atoms with van der Waals surface area (Å²) in [5.41, 5.74) is 2.07. The Morgan fingerprint density at radius 2 is 1.83 bits per heavy atom. The lowest BCUT2D eigenvalue weighted by Gasteiger charge is -2.29. The molecule has 0 saturated carbocycles. The number of hydrogen-bond donors (Lipinski definition) is 1. The lowest BCUT2D eigenvalue weighted by molar-refractivity contribution is -0.384. The number of rotatable bonds is 9. The Bertz CT molecular complexity index is 1020. The number of aryl methyl sites for hydroxylation is 2. The minimum atomic E-state index is -3.89. The van der Waals surface area contributed by atoms with Gasteiger partial charge in [-0.1, -0.05) is 31.5 Å². The van der Waals surface area contributed by atoms with Gasteiger partial charge in [0.05, 0.1) is 16.9 Å². The maximum Gasteiger partial charge on any atom is 0.271 e. The molecule has 2 aromatic carbocycles. The highest BCUT2D eigenvalue weighted by atomic mass is 32.2. The molecular formula is C21H27N3O5S. The minimum absolute atomic E-state index is 0.101. The molecule has 0 aliphatic carbocycles. The number of nitro benzene ring substituents is 1. The Labute approximate surface area is 177 Å². The first-order chi connectivity index (χ1) is 14.0. The highest BCUT2D eigenvalue weighted by Crippen LogP contribution is 2.29. The van der Waals surface area contributed by atoms with Crippen molar-refractivity contribution in [3.05, 3.63) is 63.7 Å². The standard InChI is InChI=1S/C21H27N3O5S/c1-5-6-7-17-9-11-18(12-10-17)22-21(25)16(3)23(30(4,28)29)20-14-19(24(26)27)13-8-15(20)2/h8-14,16H,5-7H2,1-4H3,(H,22,25)/t16-/m1/s1. The van der Waals surface area contributed by atoms with E-state index in [0.717, 1.165) is 35.4 Å². The molecule has 2 rings (SSSR count). The molecule has 0 bridgehead atoms. The number of sulfonamides is 1. The molecule has 2 aromatic rings. The first-order valence-electron chi connectivity index (χ1n) is 9.68. The van der Waals surface area contributed by atoms with Crippen LogP contribution in [0.25, 0.3) is 0 Å². The number of benzene rings is 2. The van der Waals surface area contributed by atoms with E-state index in [1.807, 2.05) is 12.1 Å². The zero-order valence-corrected chi connectivity index (χ0v) is 18.4. The molecule has 0 aromatic heterocycles. The van der Waals surface area contributed by atoms with Crippen LogP contribution >= 0.6 is 0 Å². The predicted molar refractivity (Wildman–Crippen MR) is 118 cm³/mol. The van der Waals surface area contributed by atoms with Crippen LogP contribution in [0.3, 0.4) is 0 Å². The van der Waals surface area contributed by atoms with Crippen molar-refractivity contribution in [2.75, 3.05) is 15.9 Å². The van der Waals surface area contributed by atoms with E-state index in [1.54, 1.807) is 19.1 Å². The zero-order chi connectivity index (χ0) is 22.5. The smallest absolute Gasteiger partial charge is 0.271 e. The van der Waals surface area contributed by atoms with Gasteiger partial charge in [0.15, 0.2) is 0 Å². The van der Waals surface area contributed by atoms with Crippen molar-refractivity contribution in [2.45, 2.75) is 46.1 Å². The van der Waals surface area contributed by atoms with E-state index in [1.165, 1.54) is 25.1 Å². The summed E-state index contributed by atoms with van der Waals surface area (Å²) in [4.78, 5) is 23.3. The van der Waals surface area contributed by atoms with E-state index in [-0.39, 0.29) is 11.4 Å². The van der Waals surface area contributed by atoms with Gasteiger partial charge in [-0.15, -0.1) is 0 Å². The van der Waals surface area contributed by atoms with Crippen LogP contribution in [0.1, 0.15) is 37.8 Å². The molecule has 1 atom stereocenters. The third-order valence-corrected chi connectivity index (χ3v) is 6.00. The molecule has 0 heterocycles. The zero-order valence-electron chi connectivity index (χ0n) is 17.6. The van der Waals surface area contributed by atoms with Crippen molar-refractivity contribution in [3.63, 3.8) is 0 Å². The predicted octanol–water partition coefficient (Wildman–Crippen LogP) is 4.04. The number of hydrogen-bond acceptors (Lipinski definition) is 5. The molecule has 8 nitrogen and oxygen atoms in total. The fourth-order valence-electron chi connectivity index (χ4n) is 3.11. The Morgan fingerprint density at radius 3 is 2.37 bits per heavy atom. The Kier molecular flexibility index (Phi) is 7.55. The number of carbonyl (C=O) groups excluding carboxylic acids is 1. The maximum atomic E-state index is 12.8. The van der Waals surface area contributed by atoms with E-state index in [9.17, 15) is 23.3 Å². The van der Waals surface area contributed by atoms with Gasteiger partial charge in [-0.2, -0.15) is 0 Å². The van der Waals surface area contributed by atoms with Crippen LogP contribution in [0.15, 0.2) is 42.5 Å². The lowest BCUT2D eigenvalue weighted by atomic mass is 10.1. The van der Waals surface area contributed by atoms with Gasteiger partial charge in [-0.25, -0.2) is 8.42 Å². The van der Waals surface area contributed by atoms with Crippen LogP contribution in [0.4, 0.5) is 17.1 Å². The highest BCUT2D eigenvalue weighted by molar-refractivity contribution is 7.92. The van der Waals surface area contributed by atoms with Gasteiger partial charge >= 0.3 is 0 Å². The van der Waals surface area contributed by atoms with Gasteiger partial charge in [0, 0.05) is 17.8 Å². The number of non-ortho nitro benzene ring substituents is 1. The largest absolute Gasteiger partial charge is 0.324 e. The number of nitrogens with zero attached hydrogens (tertiary/aromatic N) is 2. The van der Waals surface area contributed by atoms with E-state index >= 15 is 0 Å². The summed E-state index contributed by atoms with van der Waals surface area (Å²) in [6.07, 6.45) is 4.09. The van der Waals surface area contributed by atoms with Crippen molar-refractivity contribution < 1.29 is 18.1 Å². The van der Waals surface area contributed by atoms with Crippen LogP contribution in [0, 0.1) is 17.0 Å². The fourth-order valence-corrected chi connectivity index (χ4v) is 4.34. The van der Waals surface area contributed by atoms with Crippen molar-refractivity contribution in [2.24, 2.45) is 0 Å². The van der Waals surface area contributed by atoms with Gasteiger partial charge < -0.3 is 5.32 Å². The SMILES string of the molecule is CCCCc1ccc(NC(=O)[C@@H](C)N(c2cc([N+](=O)[O-])ccc2C)S(C)(=O)=O)cc1. The quantitative estimate of drug-likeness (QED) is 0.474. The van der Waals surface area contributed by atoms with Crippen LogP contribution in [-0.2, 0) is 21.2 Å². The Morgan fingerprint density at radius 1 is 1.20 bits per heavy atom. The first kappa shape index (κ1) is 23.3. The van der Waals surface area contributed by atoms with E-state index in [0.29, 0.717) is 11.3 Å². The number of nitrogens with one attached hydrogen (secondary N) is 1. The maximum absolute atomic E-state index is 12.8. The van der Waals surface area contributed by atoms with E-state index in [2.05, 4.69) is 12.2 Å². The summed E-state index contributed by atoms with van der Waals surface area (Å²) in [5, 5.41) is 13.9. The van der Waals surface area contributed by atoms with Gasteiger partial charge in [0.1, 0.15) is 6.04 Å². The molecule has 0 unspecified atom stereocenters. The minimum Gasteiger partial charge on any atom is -0.324 e. The molecule has 9 heteroatoms. The Hall–Kier alpha value is -2.94. The molecule has 0 radical (unpaired) electrons. The molecule has 0 aliphatic heterocycles. The van der Waals surface area contributed by atoms with Gasteiger partial charge in [0.2, 0.25) is 15.9 Å². The molecule has 162 valence electrons. The summed E-state index contributed by atoms with van der Waals surface area (Å²) in [5.74, 6) is -0.535. The normalized spacial score (nSPS) is 12.3. The summed E-state index contributed by atoms with van der Waals surface area (Å²) in [6, 6.07) is 10.2. The summed E-state index contributed by atoms with van der Waals surface area (Å²) < 4.78 is 25.9. The lowest BCUT2D eigenvalue weighted by Crippen LogP contribution is -2.45. The van der Waals surface area contributed by atoms with Crippen LogP contribution in [0.5, 0.6) is 0 Å². The molecule has 0 spiro atoms.